The van der Waals surface area contributed by atoms with Gasteiger partial charge in [0.15, 0.2) is 0 Å². The van der Waals surface area contributed by atoms with E-state index in [1.165, 1.54) is 0 Å². The number of carboxylic acid groups (broad SMARTS) is 1. The van der Waals surface area contributed by atoms with E-state index in [9.17, 15) is 9.59 Å². The third-order valence-corrected chi connectivity index (χ3v) is 3.12. The number of anilines is 1. The lowest BCUT2D eigenvalue weighted by Crippen LogP contribution is -2.14. The Bertz CT molecular complexity index is 423. The van der Waals surface area contributed by atoms with Crippen LogP contribution in [-0.4, -0.2) is 21.4 Å². The van der Waals surface area contributed by atoms with Crippen LogP contribution in [0.25, 0.3) is 0 Å². The Morgan fingerprint density at radius 1 is 1.53 bits per heavy atom. The molecule has 1 heterocycles. The van der Waals surface area contributed by atoms with E-state index in [1.807, 2.05) is 0 Å². The molecular weight excluding hydrogens is 216 g/mol. The van der Waals surface area contributed by atoms with Gasteiger partial charge in [-0.25, -0.2) is 4.79 Å². The fraction of sp³-hybridized carbons (Fsp3) is 0.444. The molecule has 2 rings (SSSR count). The van der Waals surface area contributed by atoms with Crippen molar-refractivity contribution in [2.75, 3.05) is 5.32 Å². The summed E-state index contributed by atoms with van der Waals surface area (Å²) in [6.07, 6.45) is 1.79. The van der Waals surface area contributed by atoms with Crippen LogP contribution in [0.15, 0.2) is 0 Å². The molecule has 1 fully saturated rings. The van der Waals surface area contributed by atoms with Gasteiger partial charge in [-0.15, -0.1) is 0 Å². The van der Waals surface area contributed by atoms with Crippen LogP contribution < -0.4 is 5.32 Å². The third-order valence-electron chi connectivity index (χ3n) is 2.26. The Morgan fingerprint density at radius 3 is 2.73 bits per heavy atom. The fourth-order valence-electron chi connectivity index (χ4n) is 1.27. The lowest BCUT2D eigenvalue weighted by Gasteiger charge is -2.01. The summed E-state index contributed by atoms with van der Waals surface area (Å²) in [5.41, 5.74) is 0.549. The summed E-state index contributed by atoms with van der Waals surface area (Å²) in [6, 6.07) is 0. The smallest absolute Gasteiger partial charge is 0.340 e. The molecule has 1 aromatic rings. The topological polar surface area (TPSA) is 79.3 Å². The van der Waals surface area contributed by atoms with Crippen LogP contribution in [0.4, 0.5) is 5.00 Å². The van der Waals surface area contributed by atoms with E-state index in [1.54, 1.807) is 6.92 Å². The highest BCUT2D eigenvalue weighted by atomic mass is 32.1. The Morgan fingerprint density at radius 2 is 2.20 bits per heavy atom. The number of carbonyl (C=O) groups excluding carboxylic acids is 1. The number of amides is 1. The minimum atomic E-state index is -1.05. The van der Waals surface area contributed by atoms with Gasteiger partial charge in [0.25, 0.3) is 0 Å². The van der Waals surface area contributed by atoms with E-state index < -0.39 is 5.97 Å². The first-order valence-corrected chi connectivity index (χ1v) is 5.37. The van der Waals surface area contributed by atoms with Gasteiger partial charge >= 0.3 is 5.97 Å². The SMILES string of the molecule is Cc1nsc(NC(=O)C2CC2)c1C(=O)O. The van der Waals surface area contributed by atoms with Gasteiger partial charge in [-0.3, -0.25) is 4.79 Å². The number of aromatic nitrogens is 1. The van der Waals surface area contributed by atoms with Gasteiger partial charge in [0.2, 0.25) is 5.91 Å². The minimum absolute atomic E-state index is 0.0639. The molecule has 6 heteroatoms. The van der Waals surface area contributed by atoms with Gasteiger partial charge in [-0.05, 0) is 31.3 Å². The standard InChI is InChI=1S/C9H10N2O3S/c1-4-6(9(13)14)8(15-11-4)10-7(12)5-2-3-5/h5H,2-3H2,1H3,(H,10,12)(H,13,14). The molecule has 1 aromatic heterocycles. The van der Waals surface area contributed by atoms with Crippen LogP contribution in [0.5, 0.6) is 0 Å². The normalized spacial score (nSPS) is 15.0. The Balaban J connectivity index is 2.20. The van der Waals surface area contributed by atoms with Crippen LogP contribution in [0.2, 0.25) is 0 Å². The van der Waals surface area contributed by atoms with E-state index in [2.05, 4.69) is 9.69 Å². The summed E-state index contributed by atoms with van der Waals surface area (Å²) in [7, 11) is 0. The summed E-state index contributed by atoms with van der Waals surface area (Å²) in [4.78, 5) is 22.3. The van der Waals surface area contributed by atoms with Crippen LogP contribution in [0, 0.1) is 12.8 Å². The van der Waals surface area contributed by atoms with Gasteiger partial charge in [0.05, 0.1) is 5.69 Å². The zero-order valence-corrected chi connectivity index (χ0v) is 8.93. The van der Waals surface area contributed by atoms with E-state index >= 15 is 0 Å². The first-order chi connectivity index (χ1) is 7.09. The molecule has 2 N–H and O–H groups in total. The molecule has 5 nitrogen and oxygen atoms in total. The first kappa shape index (κ1) is 10.1. The molecular formula is C9H10N2O3S. The van der Waals surface area contributed by atoms with Crippen molar-refractivity contribution in [3.05, 3.63) is 11.3 Å². The molecule has 1 amide bonds. The van der Waals surface area contributed by atoms with Gasteiger partial charge in [0.1, 0.15) is 10.6 Å². The zero-order valence-electron chi connectivity index (χ0n) is 8.11. The molecule has 0 radical (unpaired) electrons. The van der Waals surface area contributed by atoms with Crippen LogP contribution in [-0.2, 0) is 4.79 Å². The maximum atomic E-state index is 11.4. The van der Waals surface area contributed by atoms with Crippen LogP contribution >= 0.6 is 11.5 Å². The molecule has 0 atom stereocenters. The molecule has 0 saturated heterocycles. The number of nitrogens with one attached hydrogen (secondary N) is 1. The summed E-state index contributed by atoms with van der Waals surface area (Å²) in [6.45, 7) is 1.62. The molecule has 0 spiro atoms. The number of hydrogen-bond donors (Lipinski definition) is 2. The maximum absolute atomic E-state index is 11.4. The molecule has 0 unspecified atom stereocenters. The number of hydrogen-bond acceptors (Lipinski definition) is 4. The predicted octanol–water partition coefficient (Wildman–Crippen LogP) is 1.50. The second-order valence-corrected chi connectivity index (χ2v) is 4.31. The number of nitrogens with zero attached hydrogens (tertiary/aromatic N) is 1. The Hall–Kier alpha value is -1.43. The van der Waals surface area contributed by atoms with Gasteiger partial charge < -0.3 is 10.4 Å². The molecule has 1 saturated carbocycles. The third kappa shape index (κ3) is 1.99. The first-order valence-electron chi connectivity index (χ1n) is 4.60. The number of carboxylic acids is 1. The number of aromatic carboxylic acids is 1. The summed E-state index contributed by atoms with van der Waals surface area (Å²) in [5, 5.41) is 11.9. The van der Waals surface area contributed by atoms with Gasteiger partial charge in [0, 0.05) is 5.92 Å². The van der Waals surface area contributed by atoms with E-state index in [4.69, 9.17) is 5.11 Å². The molecule has 0 bridgehead atoms. The zero-order chi connectivity index (χ0) is 11.0. The van der Waals surface area contributed by atoms with Crippen molar-refractivity contribution in [2.45, 2.75) is 19.8 Å². The average molecular weight is 226 g/mol. The quantitative estimate of drug-likeness (QED) is 0.818. The number of carbonyl (C=O) groups is 2. The molecule has 15 heavy (non-hydrogen) atoms. The summed E-state index contributed by atoms with van der Waals surface area (Å²) >= 11 is 1.02. The van der Waals surface area contributed by atoms with Crippen molar-refractivity contribution in [1.82, 2.24) is 4.37 Å². The number of rotatable bonds is 3. The van der Waals surface area contributed by atoms with E-state index in [0.717, 1.165) is 24.4 Å². The lowest BCUT2D eigenvalue weighted by molar-refractivity contribution is -0.117. The van der Waals surface area contributed by atoms with Crippen molar-refractivity contribution < 1.29 is 14.7 Å². The molecule has 0 aromatic carbocycles. The predicted molar refractivity (Wildman–Crippen MR) is 55.2 cm³/mol. The average Bonchev–Trinajstić information content (AvgIpc) is 2.92. The summed E-state index contributed by atoms with van der Waals surface area (Å²) < 4.78 is 3.92. The van der Waals surface area contributed by atoms with Crippen molar-refractivity contribution >= 4 is 28.4 Å². The molecule has 1 aliphatic carbocycles. The van der Waals surface area contributed by atoms with Crippen LogP contribution in [0.3, 0.4) is 0 Å². The second kappa shape index (κ2) is 3.62. The van der Waals surface area contributed by atoms with Gasteiger partial charge in [-0.1, -0.05) is 0 Å². The molecule has 80 valence electrons. The second-order valence-electron chi connectivity index (χ2n) is 3.54. The Kier molecular flexibility index (Phi) is 2.44. The van der Waals surface area contributed by atoms with Crippen LogP contribution in [0.1, 0.15) is 28.9 Å². The van der Waals surface area contributed by atoms with Crippen molar-refractivity contribution in [3.8, 4) is 0 Å². The fourth-order valence-corrected chi connectivity index (χ4v) is 2.06. The monoisotopic (exact) mass is 226 g/mol. The largest absolute Gasteiger partial charge is 0.478 e. The lowest BCUT2D eigenvalue weighted by atomic mass is 10.2. The summed E-state index contributed by atoms with van der Waals surface area (Å²) in [5.74, 6) is -1.08. The van der Waals surface area contributed by atoms with Crippen molar-refractivity contribution in [3.63, 3.8) is 0 Å². The van der Waals surface area contributed by atoms with Gasteiger partial charge in [-0.2, -0.15) is 4.37 Å². The highest BCUT2D eigenvalue weighted by molar-refractivity contribution is 7.11. The maximum Gasteiger partial charge on any atom is 0.340 e. The Labute approximate surface area is 90.3 Å². The van der Waals surface area contributed by atoms with Crippen molar-refractivity contribution in [2.24, 2.45) is 5.92 Å². The highest BCUT2D eigenvalue weighted by Gasteiger charge is 2.31. The molecule has 1 aliphatic rings. The minimum Gasteiger partial charge on any atom is -0.478 e. The van der Waals surface area contributed by atoms with Crippen molar-refractivity contribution in [1.29, 1.82) is 0 Å². The van der Waals surface area contributed by atoms with E-state index in [-0.39, 0.29) is 17.4 Å². The molecule has 0 aliphatic heterocycles. The highest BCUT2D eigenvalue weighted by Crippen LogP contribution is 2.32. The number of aryl methyl sites for hydroxylation is 1. The van der Waals surface area contributed by atoms with E-state index in [0.29, 0.717) is 10.7 Å².